The van der Waals surface area contributed by atoms with Gasteiger partial charge >= 0.3 is 0 Å². The van der Waals surface area contributed by atoms with E-state index in [1.807, 2.05) is 42.2 Å². The van der Waals surface area contributed by atoms with E-state index >= 15 is 0 Å². The van der Waals surface area contributed by atoms with Gasteiger partial charge in [0.25, 0.3) is 0 Å². The molecule has 0 spiro atoms. The van der Waals surface area contributed by atoms with Crippen LogP contribution in [0.25, 0.3) is 15.6 Å². The first-order valence-corrected chi connectivity index (χ1v) is 6.04. The Morgan fingerprint density at radius 2 is 2.18 bits per heavy atom. The lowest BCUT2D eigenvalue weighted by atomic mass is 10.3. The lowest BCUT2D eigenvalue weighted by molar-refractivity contribution is 0.885. The first-order chi connectivity index (χ1) is 8.34. The van der Waals surface area contributed by atoms with Crippen molar-refractivity contribution in [2.45, 2.75) is 6.92 Å². The molecule has 0 N–H and O–H groups in total. The molecule has 3 rings (SSSR count). The number of hydrogen-bond donors (Lipinski definition) is 0. The number of rotatable bonds is 2. The predicted molar refractivity (Wildman–Crippen MR) is 67.2 cm³/mol. The van der Waals surface area contributed by atoms with Gasteiger partial charge in [-0.25, -0.2) is 9.67 Å². The van der Waals surface area contributed by atoms with Crippen molar-refractivity contribution in [1.82, 2.24) is 19.7 Å². The molecule has 17 heavy (non-hydrogen) atoms. The summed E-state index contributed by atoms with van der Waals surface area (Å²) in [5.41, 5.74) is 2.02. The minimum atomic E-state index is 0.973. The van der Waals surface area contributed by atoms with Gasteiger partial charge in [-0.15, -0.1) is 0 Å². The van der Waals surface area contributed by atoms with Gasteiger partial charge in [-0.05, 0) is 25.1 Å². The Balaban J connectivity index is 2.08. The van der Waals surface area contributed by atoms with Crippen LogP contribution in [0.4, 0.5) is 0 Å². The summed E-state index contributed by atoms with van der Waals surface area (Å²) in [6.45, 7) is 1.99. The Hall–Kier alpha value is -2.01. The molecule has 0 unspecified atom stereocenters. The average Bonchev–Trinajstić information content (AvgIpc) is 2.99. The second-order valence-corrected chi connectivity index (χ2v) is 4.58. The maximum atomic E-state index is 4.55. The van der Waals surface area contributed by atoms with Gasteiger partial charge in [0.1, 0.15) is 10.0 Å². The fraction of sp³-hybridized carbons (Fsp3) is 0.0833. The molecule has 0 aliphatic heterocycles. The zero-order valence-electron chi connectivity index (χ0n) is 9.24. The fourth-order valence-electron chi connectivity index (χ4n) is 1.60. The van der Waals surface area contributed by atoms with Crippen molar-refractivity contribution in [3.05, 3.63) is 48.7 Å². The van der Waals surface area contributed by atoms with Crippen LogP contribution in [0.15, 0.2) is 43.0 Å². The van der Waals surface area contributed by atoms with Gasteiger partial charge in [0, 0.05) is 30.4 Å². The zero-order chi connectivity index (χ0) is 11.7. The third-order valence-electron chi connectivity index (χ3n) is 2.39. The minimum absolute atomic E-state index is 0.973. The van der Waals surface area contributed by atoms with Crippen LogP contribution in [0.3, 0.4) is 0 Å². The second-order valence-electron chi connectivity index (χ2n) is 3.60. The van der Waals surface area contributed by atoms with Crippen LogP contribution >= 0.6 is 11.3 Å². The van der Waals surface area contributed by atoms with E-state index in [9.17, 15) is 0 Å². The highest BCUT2D eigenvalue weighted by Gasteiger charge is 2.10. The van der Waals surface area contributed by atoms with Gasteiger partial charge in [-0.1, -0.05) is 11.3 Å². The summed E-state index contributed by atoms with van der Waals surface area (Å²) in [6, 6.07) is 5.83. The summed E-state index contributed by atoms with van der Waals surface area (Å²) in [6.07, 6.45) is 7.28. The van der Waals surface area contributed by atoms with E-state index in [4.69, 9.17) is 0 Å². The van der Waals surface area contributed by atoms with Crippen LogP contribution in [-0.2, 0) is 0 Å². The molecule has 5 heteroatoms. The summed E-state index contributed by atoms with van der Waals surface area (Å²) in [5.74, 6) is 0. The quantitative estimate of drug-likeness (QED) is 0.694. The SMILES string of the molecule is Cc1nc(-c2cccnc2)sc1-n1cccn1. The Kier molecular flexibility index (Phi) is 2.45. The molecule has 3 aromatic rings. The van der Waals surface area contributed by atoms with E-state index in [2.05, 4.69) is 15.1 Å². The molecule has 3 heterocycles. The molecule has 3 aromatic heterocycles. The molecule has 0 fully saturated rings. The molecule has 0 atom stereocenters. The van der Waals surface area contributed by atoms with Gasteiger partial charge in [-0.3, -0.25) is 4.98 Å². The van der Waals surface area contributed by atoms with E-state index < -0.39 is 0 Å². The van der Waals surface area contributed by atoms with Gasteiger partial charge in [0.2, 0.25) is 0 Å². The van der Waals surface area contributed by atoms with Gasteiger partial charge < -0.3 is 0 Å². The Morgan fingerprint density at radius 3 is 2.88 bits per heavy atom. The lowest BCUT2D eigenvalue weighted by Crippen LogP contribution is -1.92. The summed E-state index contributed by atoms with van der Waals surface area (Å²) in [5, 5.41) is 6.25. The van der Waals surface area contributed by atoms with E-state index in [1.54, 1.807) is 23.7 Å². The molecule has 0 saturated heterocycles. The highest BCUT2D eigenvalue weighted by atomic mass is 32.1. The van der Waals surface area contributed by atoms with Crippen molar-refractivity contribution in [1.29, 1.82) is 0 Å². The van der Waals surface area contributed by atoms with Crippen molar-refractivity contribution in [3.63, 3.8) is 0 Å². The molecule has 0 aliphatic carbocycles. The molecule has 84 valence electrons. The molecular weight excluding hydrogens is 232 g/mol. The van der Waals surface area contributed by atoms with Crippen molar-refractivity contribution in [2.24, 2.45) is 0 Å². The number of pyridine rings is 1. The summed E-state index contributed by atoms with van der Waals surface area (Å²) in [4.78, 5) is 8.66. The molecule has 0 aromatic carbocycles. The highest BCUT2D eigenvalue weighted by molar-refractivity contribution is 7.17. The number of thiazole rings is 1. The molecular formula is C12H10N4S. The largest absolute Gasteiger partial charge is 0.264 e. The normalized spacial score (nSPS) is 10.6. The number of nitrogens with zero attached hydrogens (tertiary/aromatic N) is 4. The van der Waals surface area contributed by atoms with Crippen LogP contribution in [-0.4, -0.2) is 19.7 Å². The third kappa shape index (κ3) is 1.85. The molecule has 4 nitrogen and oxygen atoms in total. The summed E-state index contributed by atoms with van der Waals surface area (Å²) in [7, 11) is 0. The van der Waals surface area contributed by atoms with Crippen LogP contribution in [0.2, 0.25) is 0 Å². The van der Waals surface area contributed by atoms with Gasteiger partial charge in [0.05, 0.1) is 5.69 Å². The standard InChI is InChI=1S/C12H10N4S/c1-9-12(16-7-3-6-14-16)17-11(15-9)10-4-2-5-13-8-10/h2-8H,1H3. The van der Waals surface area contributed by atoms with Crippen LogP contribution < -0.4 is 0 Å². The summed E-state index contributed by atoms with van der Waals surface area (Å²) < 4.78 is 1.84. The van der Waals surface area contributed by atoms with E-state index in [0.29, 0.717) is 0 Å². The van der Waals surface area contributed by atoms with Crippen molar-refractivity contribution < 1.29 is 0 Å². The fourth-order valence-corrected chi connectivity index (χ4v) is 2.60. The average molecular weight is 242 g/mol. The minimum Gasteiger partial charge on any atom is -0.264 e. The highest BCUT2D eigenvalue weighted by Crippen LogP contribution is 2.29. The van der Waals surface area contributed by atoms with Crippen LogP contribution in [0, 0.1) is 6.92 Å². The molecule has 0 bridgehead atoms. The van der Waals surface area contributed by atoms with Gasteiger partial charge in [0.15, 0.2) is 0 Å². The molecule has 0 saturated carbocycles. The van der Waals surface area contributed by atoms with Crippen molar-refractivity contribution in [2.75, 3.05) is 0 Å². The number of aryl methyl sites for hydroxylation is 1. The van der Waals surface area contributed by atoms with E-state index in [0.717, 1.165) is 21.3 Å². The smallest absolute Gasteiger partial charge is 0.140 e. The lowest BCUT2D eigenvalue weighted by Gasteiger charge is -1.95. The summed E-state index contributed by atoms with van der Waals surface area (Å²) >= 11 is 1.62. The number of aromatic nitrogens is 4. The second kappa shape index (κ2) is 4.10. The van der Waals surface area contributed by atoms with Crippen LogP contribution in [0.5, 0.6) is 0 Å². The zero-order valence-corrected chi connectivity index (χ0v) is 10.1. The Morgan fingerprint density at radius 1 is 1.24 bits per heavy atom. The van der Waals surface area contributed by atoms with Crippen molar-refractivity contribution in [3.8, 4) is 15.6 Å². The van der Waals surface area contributed by atoms with E-state index in [-0.39, 0.29) is 0 Å². The first kappa shape index (κ1) is 10.2. The predicted octanol–water partition coefficient (Wildman–Crippen LogP) is 2.70. The molecule has 0 radical (unpaired) electrons. The molecule has 0 amide bonds. The first-order valence-electron chi connectivity index (χ1n) is 5.22. The maximum Gasteiger partial charge on any atom is 0.140 e. The van der Waals surface area contributed by atoms with Crippen LogP contribution in [0.1, 0.15) is 5.69 Å². The van der Waals surface area contributed by atoms with Crippen molar-refractivity contribution >= 4 is 11.3 Å². The topological polar surface area (TPSA) is 43.6 Å². The molecule has 0 aliphatic rings. The Bertz CT molecular complexity index is 613. The van der Waals surface area contributed by atoms with E-state index in [1.165, 1.54) is 0 Å². The van der Waals surface area contributed by atoms with Gasteiger partial charge in [-0.2, -0.15) is 5.10 Å². The maximum absolute atomic E-state index is 4.55. The third-order valence-corrected chi connectivity index (χ3v) is 3.59. The Labute approximate surface area is 103 Å². The number of hydrogen-bond acceptors (Lipinski definition) is 4. The monoisotopic (exact) mass is 242 g/mol.